The molecule has 1 aromatic rings. The maximum Gasteiger partial charge on any atom is 0.249 e. The van der Waals surface area contributed by atoms with Gasteiger partial charge in [0.2, 0.25) is 5.91 Å². The van der Waals surface area contributed by atoms with E-state index in [1.807, 2.05) is 24.3 Å². The quantitative estimate of drug-likeness (QED) is 0.809. The second-order valence-corrected chi connectivity index (χ2v) is 6.80. The molecule has 1 aromatic carbocycles. The van der Waals surface area contributed by atoms with Crippen molar-refractivity contribution in [1.29, 1.82) is 0 Å². The highest BCUT2D eigenvalue weighted by molar-refractivity contribution is 5.85. The van der Waals surface area contributed by atoms with Crippen molar-refractivity contribution in [3.63, 3.8) is 0 Å². The average molecular weight is 369 g/mol. The van der Waals surface area contributed by atoms with Gasteiger partial charge in [0.05, 0.1) is 12.2 Å². The van der Waals surface area contributed by atoms with Crippen molar-refractivity contribution in [1.82, 2.24) is 5.32 Å². The van der Waals surface area contributed by atoms with Gasteiger partial charge in [-0.3, -0.25) is 4.79 Å². The maximum atomic E-state index is 12.1. The lowest BCUT2D eigenvalue weighted by Crippen LogP contribution is -2.35. The Kier molecular flexibility index (Phi) is 8.00. The summed E-state index contributed by atoms with van der Waals surface area (Å²) in [5, 5.41) is 2.94. The average Bonchev–Trinajstić information content (AvgIpc) is 3.11. The Morgan fingerprint density at radius 3 is 2.48 bits per heavy atom. The summed E-state index contributed by atoms with van der Waals surface area (Å²) >= 11 is 0. The van der Waals surface area contributed by atoms with Gasteiger partial charge in [-0.2, -0.15) is 0 Å². The van der Waals surface area contributed by atoms with Crippen LogP contribution in [0.3, 0.4) is 0 Å². The van der Waals surface area contributed by atoms with Crippen molar-refractivity contribution in [2.24, 2.45) is 5.73 Å². The Labute approximate surface area is 156 Å². The Balaban J connectivity index is 0.00000225. The molecule has 2 atom stereocenters. The molecule has 0 radical (unpaired) electrons. The van der Waals surface area contributed by atoms with E-state index in [1.165, 1.54) is 19.3 Å². The van der Waals surface area contributed by atoms with E-state index < -0.39 is 0 Å². The molecule has 6 heteroatoms. The smallest absolute Gasteiger partial charge is 0.249 e. The number of rotatable bonds is 6. The summed E-state index contributed by atoms with van der Waals surface area (Å²) in [5.74, 6) is 0.871. The molecule has 1 aliphatic heterocycles. The first-order chi connectivity index (χ1) is 11.7. The minimum atomic E-state index is -0.354. The van der Waals surface area contributed by atoms with Crippen LogP contribution < -0.4 is 15.8 Å². The first-order valence-corrected chi connectivity index (χ1v) is 9.13. The molecule has 2 fully saturated rings. The van der Waals surface area contributed by atoms with E-state index in [0.29, 0.717) is 19.2 Å². The van der Waals surface area contributed by atoms with Gasteiger partial charge in [0, 0.05) is 13.1 Å². The molecule has 5 nitrogen and oxygen atoms in total. The van der Waals surface area contributed by atoms with Gasteiger partial charge in [-0.25, -0.2) is 0 Å². The van der Waals surface area contributed by atoms with Crippen molar-refractivity contribution in [3.05, 3.63) is 29.8 Å². The van der Waals surface area contributed by atoms with E-state index in [9.17, 15) is 4.79 Å². The van der Waals surface area contributed by atoms with E-state index in [4.69, 9.17) is 15.2 Å². The first-order valence-electron chi connectivity index (χ1n) is 9.13. The van der Waals surface area contributed by atoms with Gasteiger partial charge in [0.15, 0.2) is 0 Å². The minimum Gasteiger partial charge on any atom is -0.490 e. The van der Waals surface area contributed by atoms with E-state index in [0.717, 1.165) is 37.0 Å². The van der Waals surface area contributed by atoms with Crippen LogP contribution in [0.4, 0.5) is 0 Å². The zero-order chi connectivity index (χ0) is 16.8. The number of carbonyl (C=O) groups excluding carboxylic acids is 1. The molecule has 0 aromatic heterocycles. The lowest BCUT2D eigenvalue weighted by atomic mass is 9.98. The third-order valence-electron chi connectivity index (χ3n) is 4.91. The highest BCUT2D eigenvalue weighted by Crippen LogP contribution is 2.23. The third kappa shape index (κ3) is 5.87. The first kappa shape index (κ1) is 20.0. The maximum absolute atomic E-state index is 12.1. The molecule has 3 N–H and O–H groups in total. The van der Waals surface area contributed by atoms with Crippen molar-refractivity contribution < 1.29 is 14.3 Å². The molecule has 1 saturated carbocycles. The normalized spacial score (nSPS) is 23.7. The molecule has 3 rings (SSSR count). The zero-order valence-electron chi connectivity index (χ0n) is 14.6. The molecular formula is C19H29ClN2O3. The van der Waals surface area contributed by atoms with E-state index in [1.54, 1.807) is 0 Å². The van der Waals surface area contributed by atoms with Crippen molar-refractivity contribution in [3.8, 4) is 5.75 Å². The summed E-state index contributed by atoms with van der Waals surface area (Å²) in [6, 6.07) is 8.01. The molecule has 0 unspecified atom stereocenters. The number of hydrogen-bond acceptors (Lipinski definition) is 4. The van der Waals surface area contributed by atoms with Crippen LogP contribution in [0.1, 0.15) is 50.5 Å². The standard InChI is InChI=1S/C19H28N2O3.ClH/c20-12-17-10-11-18(24-17)19(22)21-13-14-6-8-16(9-7-14)23-15-4-2-1-3-5-15;/h6-9,15,17-18H,1-5,10-13,20H2,(H,21,22);1H/t17-,18+;/m1./s1. The van der Waals surface area contributed by atoms with Crippen molar-refractivity contribution in [2.45, 2.75) is 69.8 Å². The van der Waals surface area contributed by atoms with E-state index in [2.05, 4.69) is 5.32 Å². The Morgan fingerprint density at radius 2 is 1.84 bits per heavy atom. The van der Waals surface area contributed by atoms with Crippen LogP contribution >= 0.6 is 12.4 Å². The van der Waals surface area contributed by atoms with Crippen molar-refractivity contribution in [2.75, 3.05) is 6.54 Å². The van der Waals surface area contributed by atoms with Gasteiger partial charge >= 0.3 is 0 Å². The number of benzene rings is 1. The molecule has 140 valence electrons. The monoisotopic (exact) mass is 368 g/mol. The molecule has 2 aliphatic rings. The van der Waals surface area contributed by atoms with Gasteiger partial charge < -0.3 is 20.5 Å². The fourth-order valence-corrected chi connectivity index (χ4v) is 3.44. The molecule has 1 saturated heterocycles. The second-order valence-electron chi connectivity index (χ2n) is 6.80. The van der Waals surface area contributed by atoms with Crippen LogP contribution in [-0.4, -0.2) is 30.8 Å². The van der Waals surface area contributed by atoms with Gasteiger partial charge in [-0.05, 0) is 56.2 Å². The molecule has 0 spiro atoms. The van der Waals surface area contributed by atoms with E-state index in [-0.39, 0.29) is 30.5 Å². The molecule has 1 heterocycles. The second kappa shape index (κ2) is 10.00. The molecule has 0 bridgehead atoms. The number of carbonyl (C=O) groups is 1. The van der Waals surface area contributed by atoms with Crippen LogP contribution in [0, 0.1) is 0 Å². The third-order valence-corrected chi connectivity index (χ3v) is 4.91. The van der Waals surface area contributed by atoms with Gasteiger partial charge in [0.25, 0.3) is 0 Å². The highest BCUT2D eigenvalue weighted by atomic mass is 35.5. The summed E-state index contributed by atoms with van der Waals surface area (Å²) in [7, 11) is 0. The number of nitrogens with two attached hydrogens (primary N) is 1. The number of halogens is 1. The Bertz CT molecular complexity index is 532. The number of amides is 1. The van der Waals surface area contributed by atoms with Gasteiger partial charge in [0.1, 0.15) is 11.9 Å². The number of ether oxygens (including phenoxy) is 2. The number of hydrogen-bond donors (Lipinski definition) is 2. The SMILES string of the molecule is Cl.NC[C@H]1CC[C@@H](C(=O)NCc2ccc(OC3CCCCC3)cc2)O1. The predicted octanol–water partition coefficient (Wildman–Crippen LogP) is 2.94. The van der Waals surface area contributed by atoms with Crippen molar-refractivity contribution >= 4 is 18.3 Å². The zero-order valence-corrected chi connectivity index (χ0v) is 15.4. The summed E-state index contributed by atoms with van der Waals surface area (Å²) in [6.45, 7) is 0.988. The lowest BCUT2D eigenvalue weighted by Gasteiger charge is -2.23. The lowest BCUT2D eigenvalue weighted by molar-refractivity contribution is -0.132. The predicted molar refractivity (Wildman–Crippen MR) is 100.0 cm³/mol. The topological polar surface area (TPSA) is 73.6 Å². The minimum absolute atomic E-state index is 0. The number of nitrogens with one attached hydrogen (secondary N) is 1. The van der Waals surface area contributed by atoms with Crippen LogP contribution in [0.15, 0.2) is 24.3 Å². The summed E-state index contributed by atoms with van der Waals surface area (Å²) < 4.78 is 11.6. The molecular weight excluding hydrogens is 340 g/mol. The molecule has 25 heavy (non-hydrogen) atoms. The van der Waals surface area contributed by atoms with E-state index >= 15 is 0 Å². The molecule has 1 aliphatic carbocycles. The van der Waals surface area contributed by atoms with Gasteiger partial charge in [-0.15, -0.1) is 12.4 Å². The fraction of sp³-hybridized carbons (Fsp3) is 0.632. The van der Waals surface area contributed by atoms with Crippen LogP contribution in [0.25, 0.3) is 0 Å². The van der Waals surface area contributed by atoms with Crippen LogP contribution in [-0.2, 0) is 16.1 Å². The largest absolute Gasteiger partial charge is 0.490 e. The summed E-state index contributed by atoms with van der Waals surface area (Å²) in [5.41, 5.74) is 6.64. The highest BCUT2D eigenvalue weighted by Gasteiger charge is 2.29. The Hall–Kier alpha value is -1.30. The summed E-state index contributed by atoms with van der Waals surface area (Å²) in [6.07, 6.45) is 7.82. The van der Waals surface area contributed by atoms with Gasteiger partial charge in [-0.1, -0.05) is 18.6 Å². The molecule has 1 amide bonds. The fourth-order valence-electron chi connectivity index (χ4n) is 3.44. The van der Waals surface area contributed by atoms with Crippen LogP contribution in [0.5, 0.6) is 5.75 Å². The summed E-state index contributed by atoms with van der Waals surface area (Å²) in [4.78, 5) is 12.1. The van der Waals surface area contributed by atoms with Crippen LogP contribution in [0.2, 0.25) is 0 Å². The Morgan fingerprint density at radius 1 is 1.12 bits per heavy atom.